The Morgan fingerprint density at radius 1 is 1.27 bits per heavy atom. The van der Waals surface area contributed by atoms with Gasteiger partial charge in [0.1, 0.15) is 0 Å². The second-order valence-electron chi connectivity index (χ2n) is 7.80. The maximum atomic E-state index is 12.8. The molecule has 1 aromatic carbocycles. The van der Waals surface area contributed by atoms with Crippen LogP contribution in [-0.2, 0) is 16.0 Å². The Morgan fingerprint density at radius 3 is 2.62 bits per heavy atom. The predicted molar refractivity (Wildman–Crippen MR) is 105 cm³/mol. The summed E-state index contributed by atoms with van der Waals surface area (Å²) in [6, 6.07) is 9.89. The van der Waals surface area contributed by atoms with Crippen molar-refractivity contribution in [3.63, 3.8) is 0 Å². The number of hydrogen-bond donors (Lipinski definition) is 1. The molecule has 2 amide bonds. The average molecular weight is 360 g/mol. The molecule has 1 aliphatic rings. The predicted octanol–water partition coefficient (Wildman–Crippen LogP) is 2.30. The van der Waals surface area contributed by atoms with Crippen molar-refractivity contribution in [2.24, 2.45) is 17.6 Å². The molecule has 26 heavy (non-hydrogen) atoms. The number of amides is 2. The van der Waals surface area contributed by atoms with Crippen molar-refractivity contribution in [3.05, 3.63) is 35.9 Å². The lowest BCUT2D eigenvalue weighted by Crippen LogP contribution is -2.47. The lowest BCUT2D eigenvalue weighted by atomic mass is 9.95. The van der Waals surface area contributed by atoms with Crippen LogP contribution < -0.4 is 5.73 Å². The van der Waals surface area contributed by atoms with E-state index in [0.29, 0.717) is 25.4 Å². The van der Waals surface area contributed by atoms with E-state index in [4.69, 9.17) is 5.73 Å². The zero-order valence-corrected chi connectivity index (χ0v) is 16.4. The highest BCUT2D eigenvalue weighted by molar-refractivity contribution is 5.82. The van der Waals surface area contributed by atoms with Gasteiger partial charge in [0.15, 0.2) is 0 Å². The van der Waals surface area contributed by atoms with Crippen molar-refractivity contribution in [2.45, 2.75) is 45.6 Å². The molecule has 0 spiro atoms. The summed E-state index contributed by atoms with van der Waals surface area (Å²) in [4.78, 5) is 29.0. The molecule has 0 saturated carbocycles. The standard InChI is InChI=1S/C21H33N3O2/c1-16(2)19(22)11-13-23(3)21(26)18-10-7-12-24(15-18)20(25)14-17-8-5-4-6-9-17/h4-6,8-9,16,18-19H,7,10-15,22H2,1-3H3. The molecule has 1 aromatic rings. The van der Waals surface area contributed by atoms with Crippen LogP contribution in [0.25, 0.3) is 0 Å². The van der Waals surface area contributed by atoms with Crippen molar-refractivity contribution >= 4 is 11.8 Å². The maximum Gasteiger partial charge on any atom is 0.227 e. The molecular weight excluding hydrogens is 326 g/mol. The van der Waals surface area contributed by atoms with Gasteiger partial charge in [-0.25, -0.2) is 0 Å². The number of nitrogens with zero attached hydrogens (tertiary/aromatic N) is 2. The average Bonchev–Trinajstić information content (AvgIpc) is 2.65. The SMILES string of the molecule is CC(C)C(N)CCN(C)C(=O)C1CCCN(C(=O)Cc2ccccc2)C1. The van der Waals surface area contributed by atoms with E-state index in [-0.39, 0.29) is 23.8 Å². The first-order chi connectivity index (χ1) is 12.4. The zero-order valence-electron chi connectivity index (χ0n) is 16.4. The van der Waals surface area contributed by atoms with Gasteiger partial charge in [0, 0.05) is 32.7 Å². The van der Waals surface area contributed by atoms with Crippen molar-refractivity contribution in [3.8, 4) is 0 Å². The molecule has 1 fully saturated rings. The molecule has 1 heterocycles. The summed E-state index contributed by atoms with van der Waals surface area (Å²) >= 11 is 0. The van der Waals surface area contributed by atoms with E-state index >= 15 is 0 Å². The first kappa shape index (κ1) is 20.4. The van der Waals surface area contributed by atoms with Crippen LogP contribution in [0.3, 0.4) is 0 Å². The van der Waals surface area contributed by atoms with Gasteiger partial charge in [0.2, 0.25) is 11.8 Å². The highest BCUT2D eigenvalue weighted by Gasteiger charge is 2.30. The van der Waals surface area contributed by atoms with E-state index in [2.05, 4.69) is 13.8 Å². The van der Waals surface area contributed by atoms with Crippen molar-refractivity contribution in [1.29, 1.82) is 0 Å². The molecule has 5 heteroatoms. The van der Waals surface area contributed by atoms with Gasteiger partial charge in [0.25, 0.3) is 0 Å². The van der Waals surface area contributed by atoms with Crippen molar-refractivity contribution in [1.82, 2.24) is 9.80 Å². The fourth-order valence-corrected chi connectivity index (χ4v) is 3.39. The van der Waals surface area contributed by atoms with Gasteiger partial charge in [-0.15, -0.1) is 0 Å². The third-order valence-corrected chi connectivity index (χ3v) is 5.35. The van der Waals surface area contributed by atoms with Crippen molar-refractivity contribution < 1.29 is 9.59 Å². The third-order valence-electron chi connectivity index (χ3n) is 5.35. The summed E-state index contributed by atoms with van der Waals surface area (Å²) in [5.74, 6) is 0.569. The number of carbonyl (C=O) groups is 2. The molecule has 1 saturated heterocycles. The number of rotatable bonds is 7. The van der Waals surface area contributed by atoms with Crippen LogP contribution in [0.5, 0.6) is 0 Å². The molecule has 0 radical (unpaired) electrons. The minimum Gasteiger partial charge on any atom is -0.345 e. The van der Waals surface area contributed by atoms with Gasteiger partial charge < -0.3 is 15.5 Å². The number of hydrogen-bond acceptors (Lipinski definition) is 3. The quantitative estimate of drug-likeness (QED) is 0.812. The minimum atomic E-state index is -0.0938. The molecule has 1 aliphatic heterocycles. The molecule has 2 N–H and O–H groups in total. The maximum absolute atomic E-state index is 12.8. The Morgan fingerprint density at radius 2 is 1.96 bits per heavy atom. The minimum absolute atomic E-state index is 0.0938. The van der Waals surface area contributed by atoms with Gasteiger partial charge in [-0.3, -0.25) is 9.59 Å². The molecule has 0 aliphatic carbocycles. The Kier molecular flexibility index (Phi) is 7.64. The first-order valence-corrected chi connectivity index (χ1v) is 9.70. The van der Waals surface area contributed by atoms with Crippen LogP contribution in [-0.4, -0.2) is 54.3 Å². The van der Waals surface area contributed by atoms with Crippen LogP contribution >= 0.6 is 0 Å². The fraction of sp³-hybridized carbons (Fsp3) is 0.619. The molecule has 0 bridgehead atoms. The Balaban J connectivity index is 1.86. The van der Waals surface area contributed by atoms with Gasteiger partial charge in [-0.05, 0) is 30.7 Å². The van der Waals surface area contributed by atoms with Crippen LogP contribution in [0.2, 0.25) is 0 Å². The molecule has 2 rings (SSSR count). The van der Waals surface area contributed by atoms with Gasteiger partial charge in [-0.2, -0.15) is 0 Å². The highest BCUT2D eigenvalue weighted by atomic mass is 16.2. The topological polar surface area (TPSA) is 66.6 Å². The van der Waals surface area contributed by atoms with Crippen LogP contribution in [0.15, 0.2) is 30.3 Å². The number of likely N-dealkylation sites (tertiary alicyclic amines) is 1. The first-order valence-electron chi connectivity index (χ1n) is 9.70. The Bertz CT molecular complexity index is 588. The number of piperidine rings is 1. The Labute approximate surface area is 157 Å². The summed E-state index contributed by atoms with van der Waals surface area (Å²) in [6.07, 6.45) is 2.95. The number of benzene rings is 1. The van der Waals surface area contributed by atoms with Crippen LogP contribution in [0.4, 0.5) is 0 Å². The van der Waals surface area contributed by atoms with Gasteiger partial charge in [0.05, 0.1) is 12.3 Å². The van der Waals surface area contributed by atoms with E-state index < -0.39 is 0 Å². The smallest absolute Gasteiger partial charge is 0.227 e. The molecule has 0 aromatic heterocycles. The van der Waals surface area contributed by atoms with Gasteiger partial charge >= 0.3 is 0 Å². The third kappa shape index (κ3) is 5.84. The fourth-order valence-electron chi connectivity index (χ4n) is 3.39. The van der Waals surface area contributed by atoms with Crippen molar-refractivity contribution in [2.75, 3.05) is 26.7 Å². The van der Waals surface area contributed by atoms with E-state index in [1.54, 1.807) is 4.90 Å². The second-order valence-corrected chi connectivity index (χ2v) is 7.80. The molecule has 2 atom stereocenters. The summed E-state index contributed by atoms with van der Waals surface area (Å²) in [7, 11) is 1.85. The summed E-state index contributed by atoms with van der Waals surface area (Å²) < 4.78 is 0. The highest BCUT2D eigenvalue weighted by Crippen LogP contribution is 2.20. The van der Waals surface area contributed by atoms with Crippen LogP contribution in [0, 0.1) is 11.8 Å². The monoisotopic (exact) mass is 359 g/mol. The lowest BCUT2D eigenvalue weighted by Gasteiger charge is -2.34. The van der Waals surface area contributed by atoms with E-state index in [0.717, 1.165) is 31.4 Å². The number of nitrogens with two attached hydrogens (primary N) is 1. The summed E-state index contributed by atoms with van der Waals surface area (Å²) in [5.41, 5.74) is 7.11. The summed E-state index contributed by atoms with van der Waals surface area (Å²) in [5, 5.41) is 0. The normalized spacial score (nSPS) is 18.7. The summed E-state index contributed by atoms with van der Waals surface area (Å²) in [6.45, 7) is 6.16. The lowest BCUT2D eigenvalue weighted by molar-refractivity contribution is -0.139. The van der Waals surface area contributed by atoms with E-state index in [9.17, 15) is 9.59 Å². The van der Waals surface area contributed by atoms with E-state index in [1.807, 2.05) is 42.3 Å². The molecular formula is C21H33N3O2. The molecule has 144 valence electrons. The van der Waals surface area contributed by atoms with Crippen LogP contribution in [0.1, 0.15) is 38.7 Å². The van der Waals surface area contributed by atoms with Gasteiger partial charge in [-0.1, -0.05) is 44.2 Å². The zero-order chi connectivity index (χ0) is 19.1. The number of carbonyl (C=O) groups excluding carboxylic acids is 2. The largest absolute Gasteiger partial charge is 0.345 e. The van der Waals surface area contributed by atoms with E-state index in [1.165, 1.54) is 0 Å². The Hall–Kier alpha value is -1.88. The molecule has 5 nitrogen and oxygen atoms in total. The molecule has 2 unspecified atom stereocenters. The second kappa shape index (κ2) is 9.72.